The van der Waals surface area contributed by atoms with E-state index in [4.69, 9.17) is 4.74 Å². The summed E-state index contributed by atoms with van der Waals surface area (Å²) in [6, 6.07) is 4.17. The lowest BCUT2D eigenvalue weighted by Gasteiger charge is -2.09. The highest BCUT2D eigenvalue weighted by molar-refractivity contribution is 7.07. The Kier molecular flexibility index (Phi) is 2.92. The molecule has 0 saturated carbocycles. The molecule has 0 aliphatic carbocycles. The minimum Gasteiger partial charge on any atom is -0.430 e. The van der Waals surface area contributed by atoms with E-state index in [9.17, 15) is 0 Å². The van der Waals surface area contributed by atoms with Crippen molar-refractivity contribution in [3.63, 3.8) is 0 Å². The molecule has 1 aromatic heterocycles. The molecule has 3 nitrogen and oxygen atoms in total. The number of rotatable bonds is 2. The molecule has 0 unspecified atom stereocenters. The molecule has 0 atom stereocenters. The van der Waals surface area contributed by atoms with Gasteiger partial charge in [-0.15, -0.1) is 0 Å². The van der Waals surface area contributed by atoms with Gasteiger partial charge in [0.25, 0.3) is 5.19 Å². The summed E-state index contributed by atoms with van der Waals surface area (Å²) < 4.78 is 9.83. The number of ether oxygens (including phenoxy) is 1. The zero-order valence-electron chi connectivity index (χ0n) is 9.87. The summed E-state index contributed by atoms with van der Waals surface area (Å²) in [5.41, 5.74) is 3.58. The van der Waals surface area contributed by atoms with E-state index in [1.807, 2.05) is 13.0 Å². The van der Waals surface area contributed by atoms with Crippen molar-refractivity contribution in [2.75, 3.05) is 0 Å². The Balaban J connectivity index is 2.34. The van der Waals surface area contributed by atoms with Crippen molar-refractivity contribution in [2.45, 2.75) is 27.7 Å². The van der Waals surface area contributed by atoms with Crippen molar-refractivity contribution in [3.8, 4) is 10.9 Å². The van der Waals surface area contributed by atoms with Gasteiger partial charge in [0.2, 0.25) is 0 Å². The maximum Gasteiger partial charge on any atom is 0.298 e. The van der Waals surface area contributed by atoms with Gasteiger partial charge < -0.3 is 4.74 Å². The summed E-state index contributed by atoms with van der Waals surface area (Å²) in [6.45, 7) is 8.06. The monoisotopic (exact) mass is 234 g/mol. The van der Waals surface area contributed by atoms with Gasteiger partial charge in [-0.05, 0) is 50.5 Å². The van der Waals surface area contributed by atoms with Crippen LogP contribution in [0.3, 0.4) is 0 Å². The number of aromatic nitrogens is 2. The van der Waals surface area contributed by atoms with Crippen LogP contribution in [0.1, 0.15) is 22.5 Å². The molecule has 84 valence electrons. The van der Waals surface area contributed by atoms with E-state index >= 15 is 0 Å². The van der Waals surface area contributed by atoms with Crippen molar-refractivity contribution in [1.82, 2.24) is 9.36 Å². The molecule has 1 heterocycles. The fraction of sp³-hybridized carbons (Fsp3) is 0.333. The van der Waals surface area contributed by atoms with Crippen LogP contribution in [0, 0.1) is 27.7 Å². The lowest BCUT2D eigenvalue weighted by molar-refractivity contribution is 0.473. The van der Waals surface area contributed by atoms with Gasteiger partial charge in [0.15, 0.2) is 0 Å². The van der Waals surface area contributed by atoms with Crippen molar-refractivity contribution < 1.29 is 4.74 Å². The molecule has 2 rings (SSSR count). The summed E-state index contributed by atoms with van der Waals surface area (Å²) in [5.74, 6) is 1.62. The van der Waals surface area contributed by atoms with E-state index in [-0.39, 0.29) is 0 Å². The Morgan fingerprint density at radius 2 is 1.88 bits per heavy atom. The third-order valence-corrected chi connectivity index (χ3v) is 3.16. The largest absolute Gasteiger partial charge is 0.430 e. The molecular weight excluding hydrogens is 220 g/mol. The number of hydrogen-bond donors (Lipinski definition) is 0. The molecule has 0 aliphatic rings. The van der Waals surface area contributed by atoms with Crippen molar-refractivity contribution in [3.05, 3.63) is 34.6 Å². The summed E-state index contributed by atoms with van der Waals surface area (Å²) in [7, 11) is 0. The molecular formula is C12H14N2OS. The second kappa shape index (κ2) is 4.22. The number of hydrogen-bond acceptors (Lipinski definition) is 4. The highest BCUT2D eigenvalue weighted by Crippen LogP contribution is 2.29. The fourth-order valence-electron chi connectivity index (χ4n) is 1.52. The smallest absolute Gasteiger partial charge is 0.298 e. The molecule has 0 amide bonds. The van der Waals surface area contributed by atoms with Gasteiger partial charge >= 0.3 is 0 Å². The average Bonchev–Trinajstić information content (AvgIpc) is 2.60. The second-order valence-electron chi connectivity index (χ2n) is 3.91. The lowest BCUT2D eigenvalue weighted by Crippen LogP contribution is -1.91. The minimum atomic E-state index is 0.602. The van der Waals surface area contributed by atoms with Gasteiger partial charge in [0, 0.05) is 11.5 Å². The first-order valence-electron chi connectivity index (χ1n) is 5.12. The van der Waals surface area contributed by atoms with Crippen molar-refractivity contribution in [2.24, 2.45) is 0 Å². The van der Waals surface area contributed by atoms with Gasteiger partial charge in [-0.2, -0.15) is 9.36 Å². The SMILES string of the molecule is Cc1cc(C)c(C)c(Oc2nc(C)ns2)c1. The zero-order chi connectivity index (χ0) is 11.7. The Bertz CT molecular complexity index is 520. The molecule has 0 spiro atoms. The van der Waals surface area contributed by atoms with Crippen LogP contribution in [0.2, 0.25) is 0 Å². The summed E-state index contributed by atoms with van der Waals surface area (Å²) in [5, 5.41) is 0.602. The third-order valence-electron chi connectivity index (χ3n) is 2.47. The van der Waals surface area contributed by atoms with Crippen LogP contribution in [-0.4, -0.2) is 9.36 Å². The normalized spacial score (nSPS) is 10.5. The van der Waals surface area contributed by atoms with Crippen LogP contribution in [-0.2, 0) is 0 Å². The Labute approximate surface area is 99.3 Å². The van der Waals surface area contributed by atoms with E-state index in [1.165, 1.54) is 22.7 Å². The van der Waals surface area contributed by atoms with Crippen LogP contribution < -0.4 is 4.74 Å². The predicted molar refractivity (Wildman–Crippen MR) is 65.4 cm³/mol. The van der Waals surface area contributed by atoms with Crippen LogP contribution >= 0.6 is 11.5 Å². The van der Waals surface area contributed by atoms with Gasteiger partial charge in [0.1, 0.15) is 11.6 Å². The Hall–Kier alpha value is -1.42. The van der Waals surface area contributed by atoms with Gasteiger partial charge in [-0.3, -0.25) is 0 Å². The summed E-state index contributed by atoms with van der Waals surface area (Å²) in [6.07, 6.45) is 0. The van der Waals surface area contributed by atoms with E-state index in [0.29, 0.717) is 5.19 Å². The molecule has 0 bridgehead atoms. The standard InChI is InChI=1S/C12H14N2OS/c1-7-5-8(2)9(3)11(6-7)15-12-13-10(4)14-16-12/h5-6H,1-4H3. The van der Waals surface area contributed by atoms with Crippen LogP contribution in [0.25, 0.3) is 0 Å². The van der Waals surface area contributed by atoms with Crippen molar-refractivity contribution >= 4 is 11.5 Å². The highest BCUT2D eigenvalue weighted by atomic mass is 32.1. The highest BCUT2D eigenvalue weighted by Gasteiger charge is 2.08. The molecule has 0 saturated heterocycles. The van der Waals surface area contributed by atoms with E-state index < -0.39 is 0 Å². The summed E-state index contributed by atoms with van der Waals surface area (Å²) in [4.78, 5) is 4.19. The van der Waals surface area contributed by atoms with Gasteiger partial charge in [-0.25, -0.2) is 0 Å². The zero-order valence-corrected chi connectivity index (χ0v) is 10.7. The summed E-state index contributed by atoms with van der Waals surface area (Å²) >= 11 is 1.28. The first-order chi connectivity index (χ1) is 7.56. The quantitative estimate of drug-likeness (QED) is 0.796. The topological polar surface area (TPSA) is 35.0 Å². The van der Waals surface area contributed by atoms with Crippen LogP contribution in [0.15, 0.2) is 12.1 Å². The van der Waals surface area contributed by atoms with Gasteiger partial charge in [0.05, 0.1) is 0 Å². The molecule has 0 radical (unpaired) electrons. The molecule has 0 fully saturated rings. The van der Waals surface area contributed by atoms with E-state index in [1.54, 1.807) is 0 Å². The first-order valence-corrected chi connectivity index (χ1v) is 5.89. The average molecular weight is 234 g/mol. The maximum absolute atomic E-state index is 5.74. The fourth-order valence-corrected chi connectivity index (χ4v) is 2.07. The van der Waals surface area contributed by atoms with Crippen molar-refractivity contribution in [1.29, 1.82) is 0 Å². The first kappa shape index (κ1) is 11.1. The van der Waals surface area contributed by atoms with Crippen LogP contribution in [0.5, 0.6) is 10.9 Å². The lowest BCUT2D eigenvalue weighted by atomic mass is 10.1. The molecule has 4 heteroatoms. The van der Waals surface area contributed by atoms with E-state index in [0.717, 1.165) is 17.1 Å². The van der Waals surface area contributed by atoms with E-state index in [2.05, 4.69) is 36.2 Å². The number of benzene rings is 1. The molecule has 0 N–H and O–H groups in total. The molecule has 16 heavy (non-hydrogen) atoms. The molecule has 1 aromatic carbocycles. The third kappa shape index (κ3) is 2.22. The Morgan fingerprint density at radius 1 is 1.12 bits per heavy atom. The van der Waals surface area contributed by atoms with Gasteiger partial charge in [-0.1, -0.05) is 6.07 Å². The molecule has 2 aromatic rings. The molecule has 0 aliphatic heterocycles. The van der Waals surface area contributed by atoms with Crippen LogP contribution in [0.4, 0.5) is 0 Å². The Morgan fingerprint density at radius 3 is 2.50 bits per heavy atom. The minimum absolute atomic E-state index is 0.602. The maximum atomic E-state index is 5.74. The second-order valence-corrected chi connectivity index (χ2v) is 4.63. The number of nitrogens with zero attached hydrogens (tertiary/aromatic N) is 2. The predicted octanol–water partition coefficient (Wildman–Crippen LogP) is 3.56. The number of aryl methyl sites for hydroxylation is 3.